The van der Waals surface area contributed by atoms with Crippen LogP contribution in [0.5, 0.6) is 0 Å². The molecule has 4 atom stereocenters. The zero-order chi connectivity index (χ0) is 25.0. The van der Waals surface area contributed by atoms with E-state index in [9.17, 15) is 19.2 Å². The van der Waals surface area contributed by atoms with Crippen molar-refractivity contribution in [2.24, 2.45) is 11.8 Å². The number of hydrogen-bond acceptors (Lipinski definition) is 4. The maximum Gasteiger partial charge on any atom is 0.242 e. The molecule has 2 aliphatic rings. The van der Waals surface area contributed by atoms with Crippen molar-refractivity contribution in [2.45, 2.75) is 65.1 Å². The van der Waals surface area contributed by atoms with E-state index in [4.69, 9.17) is 23.2 Å². The highest BCUT2D eigenvalue weighted by Gasteiger charge is 2.47. The van der Waals surface area contributed by atoms with Crippen LogP contribution in [0, 0.1) is 11.8 Å². The molecule has 1 aromatic carbocycles. The van der Waals surface area contributed by atoms with Crippen molar-refractivity contribution < 1.29 is 19.2 Å². The van der Waals surface area contributed by atoms with E-state index in [-0.39, 0.29) is 61.0 Å². The molecule has 1 heterocycles. The smallest absolute Gasteiger partial charge is 0.242 e. The van der Waals surface area contributed by atoms with E-state index in [1.54, 1.807) is 25.1 Å². The molecule has 34 heavy (non-hydrogen) atoms. The summed E-state index contributed by atoms with van der Waals surface area (Å²) in [5, 5.41) is 3.77. The minimum Gasteiger partial charge on any atom is -0.352 e. The first-order valence-electron chi connectivity index (χ1n) is 11.7. The molecule has 184 valence electrons. The lowest BCUT2D eigenvalue weighted by molar-refractivity contribution is -0.143. The van der Waals surface area contributed by atoms with Crippen LogP contribution in [0.1, 0.15) is 52.0 Å². The van der Waals surface area contributed by atoms with E-state index >= 15 is 0 Å². The lowest BCUT2D eigenvalue weighted by Gasteiger charge is -2.30. The second kappa shape index (κ2) is 11.4. The van der Waals surface area contributed by atoms with Gasteiger partial charge in [-0.25, -0.2) is 0 Å². The molecule has 9 heteroatoms. The van der Waals surface area contributed by atoms with E-state index in [1.165, 1.54) is 9.80 Å². The van der Waals surface area contributed by atoms with Gasteiger partial charge in [0.05, 0.1) is 11.8 Å². The number of fused-ring (bicyclic) bond motifs is 1. The summed E-state index contributed by atoms with van der Waals surface area (Å²) in [4.78, 5) is 54.3. The van der Waals surface area contributed by atoms with Crippen LogP contribution in [0.25, 0.3) is 0 Å². The van der Waals surface area contributed by atoms with Gasteiger partial charge >= 0.3 is 0 Å². The molecule has 1 saturated heterocycles. The van der Waals surface area contributed by atoms with Crippen molar-refractivity contribution in [1.29, 1.82) is 0 Å². The summed E-state index contributed by atoms with van der Waals surface area (Å²) in [5.41, 5.74) is 0.646. The van der Waals surface area contributed by atoms with Crippen LogP contribution in [0.3, 0.4) is 0 Å². The number of amides is 4. The fourth-order valence-corrected chi connectivity index (χ4v) is 4.79. The molecular weight excluding hydrogens is 477 g/mol. The van der Waals surface area contributed by atoms with Gasteiger partial charge in [-0.1, -0.05) is 48.3 Å². The van der Waals surface area contributed by atoms with Crippen molar-refractivity contribution in [3.8, 4) is 0 Å². The van der Waals surface area contributed by atoms with Crippen LogP contribution >= 0.6 is 23.2 Å². The molecule has 1 aromatic rings. The van der Waals surface area contributed by atoms with Gasteiger partial charge in [-0.05, 0) is 50.8 Å². The first kappa shape index (κ1) is 26.2. The Hall–Kier alpha value is -2.38. The van der Waals surface area contributed by atoms with Gasteiger partial charge in [0.15, 0.2) is 0 Å². The SMILES string of the molecule is CC[C@@H](C)NC(=O)[C@@H](C)N(Cc1ccc(Cl)cc1Cl)C(=O)CCN1C(=O)[C@H]2CC=CC[C@H]2C1=O. The average Bonchev–Trinajstić information content (AvgIpc) is 3.06. The highest BCUT2D eigenvalue weighted by Crippen LogP contribution is 2.35. The van der Waals surface area contributed by atoms with Crippen molar-refractivity contribution in [3.63, 3.8) is 0 Å². The number of likely N-dealkylation sites (tertiary alicyclic amines) is 1. The number of benzene rings is 1. The highest BCUT2D eigenvalue weighted by atomic mass is 35.5. The second-order valence-electron chi connectivity index (χ2n) is 8.99. The number of carbonyl (C=O) groups is 4. The lowest BCUT2D eigenvalue weighted by Crippen LogP contribution is -2.50. The number of nitrogens with one attached hydrogen (secondary N) is 1. The van der Waals surface area contributed by atoms with Crippen LogP contribution < -0.4 is 5.32 Å². The quantitative estimate of drug-likeness (QED) is 0.404. The Morgan fingerprint density at radius 1 is 1.12 bits per heavy atom. The summed E-state index contributed by atoms with van der Waals surface area (Å²) in [6, 6.07) is 4.16. The zero-order valence-corrected chi connectivity index (χ0v) is 21.2. The van der Waals surface area contributed by atoms with Gasteiger partial charge in [0, 0.05) is 35.6 Å². The molecule has 0 spiro atoms. The monoisotopic (exact) mass is 507 g/mol. The maximum absolute atomic E-state index is 13.3. The first-order valence-corrected chi connectivity index (χ1v) is 12.4. The van der Waals surface area contributed by atoms with Crippen LogP contribution in [-0.4, -0.2) is 52.1 Å². The summed E-state index contributed by atoms with van der Waals surface area (Å²) in [6.07, 6.45) is 5.63. The predicted molar refractivity (Wildman–Crippen MR) is 131 cm³/mol. The summed E-state index contributed by atoms with van der Waals surface area (Å²) < 4.78 is 0. The second-order valence-corrected chi connectivity index (χ2v) is 9.83. The van der Waals surface area contributed by atoms with Crippen LogP contribution in [-0.2, 0) is 25.7 Å². The topological polar surface area (TPSA) is 86.8 Å². The number of imide groups is 1. The van der Waals surface area contributed by atoms with E-state index in [2.05, 4.69) is 5.32 Å². The molecule has 1 fully saturated rings. The standard InChI is InChI=1S/C25H31Cl2N3O4/c1-4-15(2)28-23(32)16(3)30(14-17-9-10-18(26)13-21(17)27)22(31)11-12-29-24(33)19-7-5-6-8-20(19)25(29)34/h5-6,9-10,13,15-16,19-20H,4,7-8,11-12,14H2,1-3H3,(H,28,32)/t15-,16-,19-,20+/m1/s1. The third-order valence-electron chi connectivity index (χ3n) is 6.67. The van der Waals surface area contributed by atoms with Gasteiger partial charge in [-0.2, -0.15) is 0 Å². The van der Waals surface area contributed by atoms with Crippen LogP contribution in [0.2, 0.25) is 10.0 Å². The van der Waals surface area contributed by atoms with Gasteiger partial charge in [0.25, 0.3) is 0 Å². The number of halogens is 2. The van der Waals surface area contributed by atoms with Crippen molar-refractivity contribution >= 4 is 46.8 Å². The largest absolute Gasteiger partial charge is 0.352 e. The number of nitrogens with zero attached hydrogens (tertiary/aromatic N) is 2. The molecule has 4 amide bonds. The summed E-state index contributed by atoms with van der Waals surface area (Å²) in [7, 11) is 0. The van der Waals surface area contributed by atoms with E-state index in [0.29, 0.717) is 28.5 Å². The van der Waals surface area contributed by atoms with Gasteiger partial charge in [-0.15, -0.1) is 0 Å². The molecule has 1 aliphatic heterocycles. The third kappa shape index (κ3) is 5.81. The van der Waals surface area contributed by atoms with Crippen molar-refractivity contribution in [1.82, 2.24) is 15.1 Å². The number of rotatable bonds is 9. The van der Waals surface area contributed by atoms with Crippen molar-refractivity contribution in [3.05, 3.63) is 46.0 Å². The molecule has 0 unspecified atom stereocenters. The number of allylic oxidation sites excluding steroid dienone is 2. The summed E-state index contributed by atoms with van der Waals surface area (Å²) >= 11 is 12.3. The Morgan fingerprint density at radius 3 is 2.29 bits per heavy atom. The fourth-order valence-electron chi connectivity index (χ4n) is 4.32. The maximum atomic E-state index is 13.3. The minimum atomic E-state index is -0.773. The van der Waals surface area contributed by atoms with E-state index in [1.807, 2.05) is 26.0 Å². The fraction of sp³-hybridized carbons (Fsp3) is 0.520. The molecule has 0 bridgehead atoms. The lowest BCUT2D eigenvalue weighted by atomic mass is 9.85. The Morgan fingerprint density at radius 2 is 1.74 bits per heavy atom. The zero-order valence-electron chi connectivity index (χ0n) is 19.7. The van der Waals surface area contributed by atoms with E-state index in [0.717, 1.165) is 6.42 Å². The van der Waals surface area contributed by atoms with E-state index < -0.39 is 6.04 Å². The molecule has 7 nitrogen and oxygen atoms in total. The third-order valence-corrected chi connectivity index (χ3v) is 7.26. The molecule has 1 N–H and O–H groups in total. The number of hydrogen-bond donors (Lipinski definition) is 1. The van der Waals surface area contributed by atoms with Gasteiger partial charge in [0.2, 0.25) is 23.6 Å². The number of carbonyl (C=O) groups excluding carboxylic acids is 4. The van der Waals surface area contributed by atoms with Crippen LogP contribution in [0.15, 0.2) is 30.4 Å². The summed E-state index contributed by atoms with van der Waals surface area (Å²) in [6.45, 7) is 5.61. The highest BCUT2D eigenvalue weighted by molar-refractivity contribution is 6.35. The van der Waals surface area contributed by atoms with Gasteiger partial charge in [-0.3, -0.25) is 24.1 Å². The summed E-state index contributed by atoms with van der Waals surface area (Å²) in [5.74, 6) is -1.73. The Kier molecular flexibility index (Phi) is 8.77. The van der Waals surface area contributed by atoms with Gasteiger partial charge < -0.3 is 10.2 Å². The normalized spacial score (nSPS) is 21.3. The van der Waals surface area contributed by atoms with Gasteiger partial charge in [0.1, 0.15) is 6.04 Å². The predicted octanol–water partition coefficient (Wildman–Crippen LogP) is 3.97. The average molecular weight is 508 g/mol. The minimum absolute atomic E-state index is 0.00590. The molecule has 0 saturated carbocycles. The molecule has 0 aromatic heterocycles. The van der Waals surface area contributed by atoms with Crippen molar-refractivity contribution in [2.75, 3.05) is 6.54 Å². The molecular formula is C25H31Cl2N3O4. The Balaban J connectivity index is 1.75. The molecule has 3 rings (SSSR count). The Labute approximate surface area is 210 Å². The Bertz CT molecular complexity index is 970. The first-order chi connectivity index (χ1) is 16.1. The molecule has 0 radical (unpaired) electrons. The van der Waals surface area contributed by atoms with Crippen LogP contribution in [0.4, 0.5) is 0 Å². The molecule has 1 aliphatic carbocycles.